The Balaban J connectivity index is 3.32. The summed E-state index contributed by atoms with van der Waals surface area (Å²) in [4.78, 5) is 21.7. The number of hydrogen-bond donors (Lipinski definition) is 1. The molecule has 1 heterocycles. The van der Waals surface area contributed by atoms with E-state index >= 15 is 0 Å². The van der Waals surface area contributed by atoms with E-state index < -0.39 is 36.1 Å². The van der Waals surface area contributed by atoms with Crippen LogP contribution in [0.4, 0.5) is 0 Å². The van der Waals surface area contributed by atoms with Crippen molar-refractivity contribution in [2.75, 3.05) is 52.8 Å². The lowest BCUT2D eigenvalue weighted by atomic mass is 10.0. The normalized spacial score (nSPS) is 15.3. The maximum atomic E-state index is 14.5. The van der Waals surface area contributed by atoms with Gasteiger partial charge < -0.3 is 28.2 Å². The van der Waals surface area contributed by atoms with Crippen LogP contribution >= 0.6 is 7.26 Å². The maximum Gasteiger partial charge on any atom is 0.250 e. The number of carbonyl (C=O) groups is 1. The third-order valence-corrected chi connectivity index (χ3v) is 25.9. The number of oxazole rings is 1. The molecule has 0 unspecified atom stereocenters. The van der Waals surface area contributed by atoms with Crippen LogP contribution in [0.2, 0.25) is 36.3 Å². The minimum atomic E-state index is -2.18. The first-order valence-corrected chi connectivity index (χ1v) is 28.5. The summed E-state index contributed by atoms with van der Waals surface area (Å²) < 4.78 is 26.3. The molecule has 11 heteroatoms. The van der Waals surface area contributed by atoms with Crippen LogP contribution in [0.5, 0.6) is 0 Å². The van der Waals surface area contributed by atoms with Crippen molar-refractivity contribution in [1.29, 1.82) is 0 Å². The molecule has 1 amide bonds. The second kappa shape index (κ2) is 25.5. The van der Waals surface area contributed by atoms with E-state index in [9.17, 15) is 4.79 Å². The molecule has 0 radical (unpaired) electrons. The summed E-state index contributed by atoms with van der Waals surface area (Å²) in [5, 5.41) is 3.32. The minimum Gasteiger partial charge on any atom is -0.448 e. The summed E-state index contributed by atoms with van der Waals surface area (Å²) in [6, 6.07) is 5.79. The van der Waals surface area contributed by atoms with Gasteiger partial charge in [-0.25, -0.2) is 4.98 Å². The fourth-order valence-electron chi connectivity index (χ4n) is 7.53. The SMILES string of the molecule is CCCC[P+](CCCC)(CCCC)Cc1coc([C@@H](C)CCNC(=O)[C@@H](O[Si](CC)(CC)CC)[C@@H](O[Si](CC)(CC)CC)[C@H](COC)N(C)C)n1. The lowest BCUT2D eigenvalue weighted by molar-refractivity contribution is -0.136. The molecule has 0 aliphatic heterocycles. The van der Waals surface area contributed by atoms with Crippen LogP contribution in [0.1, 0.15) is 132 Å². The Morgan fingerprint density at radius 1 is 0.843 bits per heavy atom. The number of amides is 1. The maximum absolute atomic E-state index is 14.5. The molecular formula is C40H83N3O5PSi2+. The molecule has 1 rings (SSSR count). The number of aromatic nitrogens is 1. The van der Waals surface area contributed by atoms with Crippen LogP contribution in [0.15, 0.2) is 10.7 Å². The largest absolute Gasteiger partial charge is 0.448 e. The Morgan fingerprint density at radius 3 is 1.76 bits per heavy atom. The number of carbonyl (C=O) groups excluding carboxylic acids is 1. The average molecular weight is 773 g/mol. The van der Waals surface area contributed by atoms with Gasteiger partial charge in [-0.3, -0.25) is 4.79 Å². The molecule has 1 aromatic heterocycles. The molecule has 0 saturated heterocycles. The fraction of sp³-hybridized carbons (Fsp3) is 0.900. The Hall–Kier alpha value is -0.616. The Labute approximate surface area is 318 Å². The van der Waals surface area contributed by atoms with E-state index in [1.807, 2.05) is 6.26 Å². The van der Waals surface area contributed by atoms with Crippen molar-refractivity contribution >= 4 is 29.8 Å². The minimum absolute atomic E-state index is 0.0703. The molecule has 0 spiro atoms. The van der Waals surface area contributed by atoms with E-state index in [1.165, 1.54) is 57.0 Å². The molecule has 300 valence electrons. The highest BCUT2D eigenvalue weighted by Gasteiger charge is 2.46. The van der Waals surface area contributed by atoms with E-state index in [4.69, 9.17) is 23.0 Å². The molecule has 0 fully saturated rings. The van der Waals surface area contributed by atoms with Gasteiger partial charge in [0.05, 0.1) is 37.2 Å². The Bertz CT molecular complexity index is 1010. The summed E-state index contributed by atoms with van der Waals surface area (Å²) in [6.45, 7) is 23.5. The molecule has 0 aromatic carbocycles. The van der Waals surface area contributed by atoms with Crippen molar-refractivity contribution in [3.63, 3.8) is 0 Å². The van der Waals surface area contributed by atoms with Gasteiger partial charge in [0.2, 0.25) is 0 Å². The van der Waals surface area contributed by atoms with Crippen molar-refractivity contribution in [3.05, 3.63) is 17.8 Å². The molecule has 51 heavy (non-hydrogen) atoms. The standard InChI is InChI=1S/C40H82N3O5PSi2/c1-14-23-28-49(29-24-15-2,30-25-16-3)33-35-31-46-40(42-35)34(10)26-27-41-39(44)38(48-51(20-7,21-8)22-9)37(36(32-45-13)43(11)12)47-50(17-4,18-5)19-6/h31,34,36-38H,14-30,32-33H2,1-13H3/p+1/t34-,36-,37-,38-/m0/s1. The summed E-state index contributed by atoms with van der Waals surface area (Å²) in [5.74, 6) is 0.817. The number of hydrogen-bond acceptors (Lipinski definition) is 7. The van der Waals surface area contributed by atoms with Gasteiger partial charge in [0.15, 0.2) is 28.6 Å². The van der Waals surface area contributed by atoms with Crippen LogP contribution in [0, 0.1) is 0 Å². The predicted molar refractivity (Wildman–Crippen MR) is 226 cm³/mol. The van der Waals surface area contributed by atoms with Crippen molar-refractivity contribution in [1.82, 2.24) is 15.2 Å². The predicted octanol–water partition coefficient (Wildman–Crippen LogP) is 10.6. The number of unbranched alkanes of at least 4 members (excludes halogenated alkanes) is 3. The molecule has 0 saturated carbocycles. The molecule has 4 atom stereocenters. The Morgan fingerprint density at radius 2 is 1.33 bits per heavy atom. The first-order valence-electron chi connectivity index (χ1n) is 21.0. The summed E-state index contributed by atoms with van der Waals surface area (Å²) in [5.41, 5.74) is 1.13. The van der Waals surface area contributed by atoms with Crippen molar-refractivity contribution < 1.29 is 22.8 Å². The quantitative estimate of drug-likeness (QED) is 0.0594. The lowest BCUT2D eigenvalue weighted by Crippen LogP contribution is -2.61. The molecule has 0 aliphatic carbocycles. The number of methoxy groups -OCH3 is 1. The van der Waals surface area contributed by atoms with Crippen LogP contribution in [-0.2, 0) is 24.5 Å². The molecule has 0 aliphatic rings. The van der Waals surface area contributed by atoms with Gasteiger partial charge in [-0.15, -0.1) is 0 Å². The van der Waals surface area contributed by atoms with Gasteiger partial charge in [-0.1, -0.05) is 88.5 Å². The van der Waals surface area contributed by atoms with E-state index in [0.29, 0.717) is 13.2 Å². The van der Waals surface area contributed by atoms with Crippen LogP contribution in [0.3, 0.4) is 0 Å². The highest BCUT2D eigenvalue weighted by molar-refractivity contribution is 7.75. The number of nitrogens with zero attached hydrogens (tertiary/aromatic N) is 2. The van der Waals surface area contributed by atoms with Crippen molar-refractivity contribution in [3.8, 4) is 0 Å². The Kier molecular flexibility index (Phi) is 24.2. The zero-order chi connectivity index (χ0) is 38.5. The molecule has 0 bridgehead atoms. The second-order valence-electron chi connectivity index (χ2n) is 15.5. The first kappa shape index (κ1) is 48.4. The topological polar surface area (TPSA) is 86.1 Å². The fourth-order valence-corrected chi connectivity index (χ4v) is 18.1. The highest BCUT2D eigenvalue weighted by atomic mass is 31.2. The number of rotatable bonds is 31. The number of nitrogens with one attached hydrogen (secondary N) is 1. The van der Waals surface area contributed by atoms with Crippen LogP contribution < -0.4 is 5.32 Å². The van der Waals surface area contributed by atoms with E-state index in [1.54, 1.807) is 7.11 Å². The van der Waals surface area contributed by atoms with Crippen molar-refractivity contribution in [2.45, 2.75) is 181 Å². The van der Waals surface area contributed by atoms with Gasteiger partial charge in [0.1, 0.15) is 18.1 Å². The lowest BCUT2D eigenvalue weighted by Gasteiger charge is -2.44. The second-order valence-corrected chi connectivity index (χ2v) is 29.3. The van der Waals surface area contributed by atoms with Gasteiger partial charge in [-0.2, -0.15) is 0 Å². The summed E-state index contributed by atoms with van der Waals surface area (Å²) in [6.07, 6.45) is 14.5. The van der Waals surface area contributed by atoms with Gasteiger partial charge in [0.25, 0.3) is 5.91 Å². The third-order valence-electron chi connectivity index (χ3n) is 11.9. The average Bonchev–Trinajstić information content (AvgIpc) is 3.61. The van der Waals surface area contributed by atoms with E-state index in [0.717, 1.165) is 60.4 Å². The summed E-state index contributed by atoms with van der Waals surface area (Å²) in [7, 11) is 0.438. The molecule has 1 aromatic rings. The van der Waals surface area contributed by atoms with Crippen LogP contribution in [-0.4, -0.2) is 104 Å². The van der Waals surface area contributed by atoms with Gasteiger partial charge >= 0.3 is 0 Å². The van der Waals surface area contributed by atoms with E-state index in [-0.39, 0.29) is 17.9 Å². The van der Waals surface area contributed by atoms with Crippen LogP contribution in [0.25, 0.3) is 0 Å². The molecule has 8 nitrogen and oxygen atoms in total. The monoisotopic (exact) mass is 773 g/mol. The van der Waals surface area contributed by atoms with Crippen molar-refractivity contribution in [2.24, 2.45) is 0 Å². The first-order chi connectivity index (χ1) is 24.4. The molecular weight excluding hydrogens is 690 g/mol. The number of likely N-dealkylation sites (N-methyl/N-ethyl adjacent to an activating group) is 1. The van der Waals surface area contributed by atoms with Gasteiger partial charge in [-0.05, 0) is 76.0 Å². The zero-order valence-electron chi connectivity index (χ0n) is 35.7. The zero-order valence-corrected chi connectivity index (χ0v) is 38.6. The highest BCUT2D eigenvalue weighted by Crippen LogP contribution is 2.63. The van der Waals surface area contributed by atoms with E-state index in [2.05, 4.69) is 93.5 Å². The smallest absolute Gasteiger partial charge is 0.250 e. The third kappa shape index (κ3) is 15.2. The van der Waals surface area contributed by atoms with Gasteiger partial charge in [0, 0.05) is 26.8 Å². The number of ether oxygens (including phenoxy) is 1. The summed E-state index contributed by atoms with van der Waals surface area (Å²) >= 11 is 0. The molecule has 1 N–H and O–H groups in total.